The van der Waals surface area contributed by atoms with Crippen molar-refractivity contribution in [1.82, 2.24) is 15.1 Å². The number of Topliss-reactive ketones (excluding diaryl/α,β-unsaturated/α-hetero) is 1. The SMILES string of the molecule is COCCN(CC(=O)CNC(CN1CCCC1)c1ccc(-c2cccc(C(=O)N(C)C)c2)cc1)c1ccc(Cl)c(Cl)c1. The number of nitrogens with zero attached hydrogens (tertiary/aromatic N) is 3. The average molecular weight is 612 g/mol. The zero-order chi connectivity index (χ0) is 30.1. The van der Waals surface area contributed by atoms with Crippen molar-refractivity contribution < 1.29 is 14.3 Å². The lowest BCUT2D eigenvalue weighted by molar-refractivity contribution is -0.117. The van der Waals surface area contributed by atoms with Gasteiger partial charge in [-0.15, -0.1) is 0 Å². The normalized spacial score (nSPS) is 14.1. The van der Waals surface area contributed by atoms with Crippen molar-refractivity contribution in [1.29, 1.82) is 0 Å². The van der Waals surface area contributed by atoms with Gasteiger partial charge in [-0.2, -0.15) is 0 Å². The summed E-state index contributed by atoms with van der Waals surface area (Å²) in [6, 6.07) is 21.5. The standard InChI is InChI=1S/C33H40Cl2N4O3/c1-37(2)33(41)27-8-6-7-26(19-27)24-9-11-25(12-10-24)32(23-38-15-4-5-16-38)36-21-29(40)22-39(17-18-42-3)28-13-14-30(34)31(35)20-28/h6-14,19-20,32,36H,4-5,15-18,21-23H2,1-3H3. The molecule has 0 spiro atoms. The summed E-state index contributed by atoms with van der Waals surface area (Å²) in [4.78, 5) is 31.7. The van der Waals surface area contributed by atoms with Crippen LogP contribution in [0.15, 0.2) is 66.7 Å². The third-order valence-corrected chi connectivity index (χ3v) is 8.29. The van der Waals surface area contributed by atoms with Gasteiger partial charge < -0.3 is 24.8 Å². The summed E-state index contributed by atoms with van der Waals surface area (Å²) in [5, 5.41) is 4.47. The van der Waals surface area contributed by atoms with Crippen LogP contribution in [-0.4, -0.2) is 88.6 Å². The van der Waals surface area contributed by atoms with E-state index in [9.17, 15) is 9.59 Å². The first-order valence-electron chi connectivity index (χ1n) is 14.3. The quantitative estimate of drug-likeness (QED) is 0.248. The molecule has 1 amide bonds. The highest BCUT2D eigenvalue weighted by atomic mass is 35.5. The van der Waals surface area contributed by atoms with Crippen LogP contribution in [0, 0.1) is 0 Å². The van der Waals surface area contributed by atoms with E-state index in [1.165, 1.54) is 12.8 Å². The third-order valence-electron chi connectivity index (χ3n) is 7.55. The zero-order valence-electron chi connectivity index (χ0n) is 24.6. The molecule has 0 aliphatic carbocycles. The fourth-order valence-electron chi connectivity index (χ4n) is 5.20. The molecule has 42 heavy (non-hydrogen) atoms. The molecule has 1 fully saturated rings. The monoisotopic (exact) mass is 610 g/mol. The van der Waals surface area contributed by atoms with E-state index in [0.717, 1.165) is 42.0 Å². The van der Waals surface area contributed by atoms with Crippen molar-refractivity contribution in [3.8, 4) is 11.1 Å². The minimum absolute atomic E-state index is 0.000143. The van der Waals surface area contributed by atoms with Gasteiger partial charge in [0.05, 0.1) is 29.7 Å². The van der Waals surface area contributed by atoms with E-state index in [-0.39, 0.29) is 30.8 Å². The number of nitrogens with one attached hydrogen (secondary N) is 1. The van der Waals surface area contributed by atoms with Gasteiger partial charge in [0, 0.05) is 51.6 Å². The van der Waals surface area contributed by atoms with E-state index in [0.29, 0.717) is 28.8 Å². The number of anilines is 1. The summed E-state index contributed by atoms with van der Waals surface area (Å²) in [6.07, 6.45) is 2.40. The summed E-state index contributed by atoms with van der Waals surface area (Å²) in [5.41, 5.74) is 4.65. The number of amides is 1. The molecule has 0 radical (unpaired) electrons. The molecule has 7 nitrogen and oxygen atoms in total. The van der Waals surface area contributed by atoms with E-state index < -0.39 is 0 Å². The molecule has 4 rings (SSSR count). The molecule has 3 aromatic rings. The molecular weight excluding hydrogens is 571 g/mol. The minimum atomic E-state index is -0.0204. The predicted octanol–water partition coefficient (Wildman–Crippen LogP) is 5.81. The molecule has 1 aliphatic heterocycles. The molecule has 1 aliphatic rings. The van der Waals surface area contributed by atoms with E-state index in [1.807, 2.05) is 35.2 Å². The maximum Gasteiger partial charge on any atom is 0.253 e. The maximum absolute atomic E-state index is 13.2. The van der Waals surface area contributed by atoms with Gasteiger partial charge in [0.15, 0.2) is 5.78 Å². The number of hydrogen-bond donors (Lipinski definition) is 1. The number of benzene rings is 3. The van der Waals surface area contributed by atoms with Gasteiger partial charge in [-0.25, -0.2) is 0 Å². The van der Waals surface area contributed by atoms with E-state index in [1.54, 1.807) is 38.2 Å². The largest absolute Gasteiger partial charge is 0.383 e. The molecular formula is C33H40Cl2N4O3. The van der Waals surface area contributed by atoms with Crippen LogP contribution >= 0.6 is 23.2 Å². The molecule has 3 aromatic carbocycles. The molecule has 1 atom stereocenters. The Morgan fingerprint density at radius 3 is 2.36 bits per heavy atom. The second-order valence-corrected chi connectivity index (χ2v) is 11.7. The average Bonchev–Trinajstić information content (AvgIpc) is 3.52. The van der Waals surface area contributed by atoms with Gasteiger partial charge in [-0.05, 0) is 73.0 Å². The third kappa shape index (κ3) is 8.79. The van der Waals surface area contributed by atoms with Gasteiger partial charge in [0.1, 0.15) is 0 Å². The highest BCUT2D eigenvalue weighted by Gasteiger charge is 2.21. The van der Waals surface area contributed by atoms with Crippen LogP contribution < -0.4 is 10.2 Å². The Bertz CT molecular complexity index is 1340. The Balaban J connectivity index is 1.46. The fraction of sp³-hybridized carbons (Fsp3) is 0.394. The van der Waals surface area contributed by atoms with Crippen molar-refractivity contribution in [3.05, 3.63) is 87.9 Å². The van der Waals surface area contributed by atoms with Crippen LogP contribution in [0.3, 0.4) is 0 Å². The number of ether oxygens (including phenoxy) is 1. The van der Waals surface area contributed by atoms with Gasteiger partial charge in [0.2, 0.25) is 0 Å². The fourth-order valence-corrected chi connectivity index (χ4v) is 5.49. The van der Waals surface area contributed by atoms with Crippen LogP contribution in [0.25, 0.3) is 11.1 Å². The predicted molar refractivity (Wildman–Crippen MR) is 172 cm³/mol. The molecule has 1 N–H and O–H groups in total. The summed E-state index contributed by atoms with van der Waals surface area (Å²) >= 11 is 12.4. The van der Waals surface area contributed by atoms with Gasteiger partial charge in [-0.1, -0.05) is 59.6 Å². The van der Waals surface area contributed by atoms with E-state index >= 15 is 0 Å². The summed E-state index contributed by atoms with van der Waals surface area (Å²) < 4.78 is 5.28. The molecule has 224 valence electrons. The van der Waals surface area contributed by atoms with Crippen molar-refractivity contribution in [2.45, 2.75) is 18.9 Å². The second kappa shape index (κ2) is 15.5. The molecule has 1 saturated heterocycles. The molecule has 0 aromatic heterocycles. The number of hydrogen-bond acceptors (Lipinski definition) is 6. The number of carbonyl (C=O) groups excluding carboxylic acids is 2. The lowest BCUT2D eigenvalue weighted by Crippen LogP contribution is -2.40. The Labute approximate surface area is 259 Å². The summed E-state index contributed by atoms with van der Waals surface area (Å²) in [5.74, 6) is 0.0514. The molecule has 1 heterocycles. The van der Waals surface area contributed by atoms with E-state index in [4.69, 9.17) is 27.9 Å². The number of rotatable bonds is 14. The maximum atomic E-state index is 13.2. The number of halogens is 2. The molecule has 0 bridgehead atoms. The van der Waals surface area contributed by atoms with Gasteiger partial charge >= 0.3 is 0 Å². The number of methoxy groups -OCH3 is 1. The molecule has 0 saturated carbocycles. The van der Waals surface area contributed by atoms with Crippen molar-refractivity contribution in [3.63, 3.8) is 0 Å². The first kappa shape index (κ1) is 32.0. The van der Waals surface area contributed by atoms with Gasteiger partial charge in [0.25, 0.3) is 5.91 Å². The van der Waals surface area contributed by atoms with Crippen LogP contribution in [0.2, 0.25) is 10.0 Å². The van der Waals surface area contributed by atoms with Crippen molar-refractivity contribution in [2.24, 2.45) is 0 Å². The van der Waals surface area contributed by atoms with Gasteiger partial charge in [-0.3, -0.25) is 9.59 Å². The number of likely N-dealkylation sites (tertiary alicyclic amines) is 1. The zero-order valence-corrected chi connectivity index (χ0v) is 26.1. The Morgan fingerprint density at radius 1 is 0.952 bits per heavy atom. The van der Waals surface area contributed by atoms with Crippen LogP contribution in [0.5, 0.6) is 0 Å². The number of ketones is 1. The number of carbonyl (C=O) groups is 2. The van der Waals surface area contributed by atoms with Crippen molar-refractivity contribution >= 4 is 40.6 Å². The lowest BCUT2D eigenvalue weighted by Gasteiger charge is -2.27. The first-order chi connectivity index (χ1) is 20.2. The Morgan fingerprint density at radius 2 is 1.69 bits per heavy atom. The highest BCUT2D eigenvalue weighted by Crippen LogP contribution is 2.28. The lowest BCUT2D eigenvalue weighted by atomic mass is 9.98. The first-order valence-corrected chi connectivity index (χ1v) is 15.1. The second-order valence-electron chi connectivity index (χ2n) is 10.9. The summed E-state index contributed by atoms with van der Waals surface area (Å²) in [6.45, 7) is 4.47. The molecule has 9 heteroatoms. The summed E-state index contributed by atoms with van der Waals surface area (Å²) in [7, 11) is 5.16. The minimum Gasteiger partial charge on any atom is -0.383 e. The molecule has 1 unspecified atom stereocenters. The topological polar surface area (TPSA) is 65.1 Å². The van der Waals surface area contributed by atoms with Crippen LogP contribution in [-0.2, 0) is 9.53 Å². The van der Waals surface area contributed by atoms with Crippen molar-refractivity contribution in [2.75, 3.05) is 72.0 Å². The van der Waals surface area contributed by atoms with Crippen LogP contribution in [0.1, 0.15) is 34.8 Å². The van der Waals surface area contributed by atoms with E-state index in [2.05, 4.69) is 34.5 Å². The highest BCUT2D eigenvalue weighted by molar-refractivity contribution is 6.42. The smallest absolute Gasteiger partial charge is 0.253 e. The Kier molecular flexibility index (Phi) is 11.8. The Hall–Kier alpha value is -2.94. The van der Waals surface area contributed by atoms with Crippen LogP contribution in [0.4, 0.5) is 5.69 Å².